The van der Waals surface area contributed by atoms with E-state index in [1.807, 2.05) is 32.0 Å². The number of aryl methyl sites for hydroxylation is 1. The molecular weight excluding hydrogens is 190 g/mol. The van der Waals surface area contributed by atoms with Gasteiger partial charge in [-0.2, -0.15) is 0 Å². The topological polar surface area (TPSA) is 43.7 Å². The number of benzene rings is 1. The Bertz CT molecular complexity index is 312. The zero-order valence-electron chi connectivity index (χ0n) is 9.40. The van der Waals surface area contributed by atoms with E-state index >= 15 is 0 Å². The summed E-state index contributed by atoms with van der Waals surface area (Å²) >= 11 is 0. The lowest BCUT2D eigenvalue weighted by molar-refractivity contribution is 0.195. The molecule has 0 heterocycles. The number of likely N-dealkylation sites (N-methyl/N-ethyl adjacent to an activating group) is 1. The van der Waals surface area contributed by atoms with Crippen LogP contribution in [0.4, 0.5) is 0 Å². The van der Waals surface area contributed by atoms with Crippen LogP contribution < -0.4 is 0 Å². The molecule has 0 saturated heterocycles. The molecule has 0 aromatic heterocycles. The standard InChI is InChI=1S/C12H19NO2/c1-3-13(7-8-14)9-11-6-4-5-10(2)12(11)15/h4-6,14-15H,3,7-9H2,1-2H3. The van der Waals surface area contributed by atoms with Crippen LogP contribution in [0.5, 0.6) is 5.75 Å². The molecular formula is C12H19NO2. The quantitative estimate of drug-likeness (QED) is 0.772. The normalized spacial score (nSPS) is 10.9. The van der Waals surface area contributed by atoms with Gasteiger partial charge >= 0.3 is 0 Å². The Balaban J connectivity index is 2.74. The van der Waals surface area contributed by atoms with E-state index in [1.165, 1.54) is 0 Å². The SMILES string of the molecule is CCN(CCO)Cc1cccc(C)c1O. The van der Waals surface area contributed by atoms with Crippen LogP contribution in [0.3, 0.4) is 0 Å². The molecule has 0 radical (unpaired) electrons. The third-order valence-corrected chi connectivity index (χ3v) is 2.58. The maximum atomic E-state index is 9.82. The molecule has 1 aromatic rings. The predicted octanol–water partition coefficient (Wildman–Crippen LogP) is 1.51. The van der Waals surface area contributed by atoms with E-state index in [4.69, 9.17) is 5.11 Å². The fourth-order valence-corrected chi connectivity index (χ4v) is 1.58. The van der Waals surface area contributed by atoms with Gasteiger partial charge in [-0.3, -0.25) is 4.90 Å². The molecule has 0 bridgehead atoms. The maximum absolute atomic E-state index is 9.82. The summed E-state index contributed by atoms with van der Waals surface area (Å²) in [6.45, 7) is 6.28. The number of phenolic OH excluding ortho intramolecular Hbond substituents is 1. The maximum Gasteiger partial charge on any atom is 0.122 e. The number of aliphatic hydroxyl groups is 1. The highest BCUT2D eigenvalue weighted by molar-refractivity contribution is 5.39. The van der Waals surface area contributed by atoms with Crippen LogP contribution in [-0.4, -0.2) is 34.8 Å². The lowest BCUT2D eigenvalue weighted by Gasteiger charge is -2.20. The van der Waals surface area contributed by atoms with E-state index in [2.05, 4.69) is 4.90 Å². The Kier molecular flexibility index (Phi) is 4.59. The molecule has 0 spiro atoms. The first kappa shape index (κ1) is 12.0. The molecule has 1 rings (SSSR count). The van der Waals surface area contributed by atoms with Crippen LogP contribution in [0, 0.1) is 6.92 Å². The minimum atomic E-state index is 0.153. The number of hydrogen-bond donors (Lipinski definition) is 2. The van der Waals surface area contributed by atoms with E-state index in [-0.39, 0.29) is 6.61 Å². The molecule has 84 valence electrons. The third kappa shape index (κ3) is 3.22. The highest BCUT2D eigenvalue weighted by Crippen LogP contribution is 2.22. The number of para-hydroxylation sites is 1. The van der Waals surface area contributed by atoms with Crippen molar-refractivity contribution in [2.45, 2.75) is 20.4 Å². The molecule has 15 heavy (non-hydrogen) atoms. The van der Waals surface area contributed by atoms with Gasteiger partial charge in [0.1, 0.15) is 5.75 Å². The first-order valence-corrected chi connectivity index (χ1v) is 5.29. The van der Waals surface area contributed by atoms with E-state index < -0.39 is 0 Å². The van der Waals surface area contributed by atoms with Gasteiger partial charge in [-0.15, -0.1) is 0 Å². The Morgan fingerprint density at radius 3 is 2.67 bits per heavy atom. The van der Waals surface area contributed by atoms with Crippen LogP contribution >= 0.6 is 0 Å². The smallest absolute Gasteiger partial charge is 0.122 e. The summed E-state index contributed by atoms with van der Waals surface area (Å²) in [5.74, 6) is 0.369. The first-order valence-electron chi connectivity index (χ1n) is 5.29. The lowest BCUT2D eigenvalue weighted by Crippen LogP contribution is -2.26. The van der Waals surface area contributed by atoms with Crippen LogP contribution in [0.2, 0.25) is 0 Å². The summed E-state index contributed by atoms with van der Waals surface area (Å²) in [5, 5.41) is 18.7. The van der Waals surface area contributed by atoms with Crippen molar-refractivity contribution in [1.82, 2.24) is 4.90 Å². The second-order valence-electron chi connectivity index (χ2n) is 3.68. The number of aliphatic hydroxyl groups excluding tert-OH is 1. The Labute approximate surface area is 91.0 Å². The van der Waals surface area contributed by atoms with E-state index in [0.29, 0.717) is 18.8 Å². The van der Waals surface area contributed by atoms with Crippen molar-refractivity contribution in [3.05, 3.63) is 29.3 Å². The zero-order chi connectivity index (χ0) is 11.3. The van der Waals surface area contributed by atoms with Gasteiger partial charge in [0.2, 0.25) is 0 Å². The summed E-state index contributed by atoms with van der Waals surface area (Å²) in [7, 11) is 0. The van der Waals surface area contributed by atoms with E-state index in [9.17, 15) is 5.11 Å². The molecule has 2 N–H and O–H groups in total. The number of phenols is 1. The minimum Gasteiger partial charge on any atom is -0.507 e. The summed E-state index contributed by atoms with van der Waals surface area (Å²) in [5.41, 5.74) is 1.82. The number of hydrogen-bond acceptors (Lipinski definition) is 3. The Morgan fingerprint density at radius 2 is 2.07 bits per heavy atom. The van der Waals surface area contributed by atoms with E-state index in [0.717, 1.165) is 17.7 Å². The summed E-state index contributed by atoms with van der Waals surface area (Å²) < 4.78 is 0. The summed E-state index contributed by atoms with van der Waals surface area (Å²) in [4.78, 5) is 2.09. The highest BCUT2D eigenvalue weighted by atomic mass is 16.3. The van der Waals surface area contributed by atoms with Gasteiger partial charge < -0.3 is 10.2 Å². The van der Waals surface area contributed by atoms with Gasteiger partial charge in [-0.05, 0) is 19.0 Å². The molecule has 0 amide bonds. The lowest BCUT2D eigenvalue weighted by atomic mass is 10.1. The van der Waals surface area contributed by atoms with Crippen LogP contribution in [0.25, 0.3) is 0 Å². The molecule has 0 aliphatic rings. The fourth-order valence-electron chi connectivity index (χ4n) is 1.58. The Morgan fingerprint density at radius 1 is 1.33 bits per heavy atom. The second-order valence-corrected chi connectivity index (χ2v) is 3.68. The van der Waals surface area contributed by atoms with Crippen LogP contribution in [-0.2, 0) is 6.54 Å². The average Bonchev–Trinajstić information content (AvgIpc) is 2.24. The van der Waals surface area contributed by atoms with Gasteiger partial charge in [0.15, 0.2) is 0 Å². The van der Waals surface area contributed by atoms with Crippen molar-refractivity contribution in [3.63, 3.8) is 0 Å². The Hall–Kier alpha value is -1.06. The van der Waals surface area contributed by atoms with Gasteiger partial charge in [-0.1, -0.05) is 25.1 Å². The van der Waals surface area contributed by atoms with Gasteiger partial charge in [0.25, 0.3) is 0 Å². The van der Waals surface area contributed by atoms with Crippen molar-refractivity contribution in [3.8, 4) is 5.75 Å². The van der Waals surface area contributed by atoms with Crippen LogP contribution in [0.15, 0.2) is 18.2 Å². The van der Waals surface area contributed by atoms with Crippen molar-refractivity contribution < 1.29 is 10.2 Å². The third-order valence-electron chi connectivity index (χ3n) is 2.58. The van der Waals surface area contributed by atoms with Crippen molar-refractivity contribution in [1.29, 1.82) is 0 Å². The van der Waals surface area contributed by atoms with Crippen molar-refractivity contribution in [2.24, 2.45) is 0 Å². The van der Waals surface area contributed by atoms with Gasteiger partial charge in [0, 0.05) is 18.7 Å². The number of nitrogens with zero attached hydrogens (tertiary/aromatic N) is 1. The molecule has 0 atom stereocenters. The molecule has 1 aromatic carbocycles. The first-order chi connectivity index (χ1) is 7.19. The highest BCUT2D eigenvalue weighted by Gasteiger charge is 2.07. The molecule has 0 saturated carbocycles. The monoisotopic (exact) mass is 209 g/mol. The fraction of sp³-hybridized carbons (Fsp3) is 0.500. The largest absolute Gasteiger partial charge is 0.507 e. The predicted molar refractivity (Wildman–Crippen MR) is 60.9 cm³/mol. The van der Waals surface area contributed by atoms with Gasteiger partial charge in [0.05, 0.1) is 6.61 Å². The molecule has 0 aliphatic heterocycles. The van der Waals surface area contributed by atoms with E-state index in [1.54, 1.807) is 0 Å². The van der Waals surface area contributed by atoms with Crippen LogP contribution in [0.1, 0.15) is 18.1 Å². The molecule has 0 aliphatic carbocycles. The second kappa shape index (κ2) is 5.73. The molecule has 0 unspecified atom stereocenters. The molecule has 3 heteroatoms. The van der Waals surface area contributed by atoms with Gasteiger partial charge in [-0.25, -0.2) is 0 Å². The summed E-state index contributed by atoms with van der Waals surface area (Å²) in [6, 6.07) is 5.75. The average molecular weight is 209 g/mol. The summed E-state index contributed by atoms with van der Waals surface area (Å²) in [6.07, 6.45) is 0. The molecule has 3 nitrogen and oxygen atoms in total. The zero-order valence-corrected chi connectivity index (χ0v) is 9.40. The molecule has 0 fully saturated rings. The van der Waals surface area contributed by atoms with Crippen molar-refractivity contribution in [2.75, 3.05) is 19.7 Å². The number of aromatic hydroxyl groups is 1. The minimum absolute atomic E-state index is 0.153. The number of rotatable bonds is 5. The van der Waals surface area contributed by atoms with Crippen molar-refractivity contribution >= 4 is 0 Å².